The zero-order valence-electron chi connectivity index (χ0n) is 11.1. The van der Waals surface area contributed by atoms with Gasteiger partial charge in [0.2, 0.25) is 0 Å². The second-order valence-electron chi connectivity index (χ2n) is 5.25. The summed E-state index contributed by atoms with van der Waals surface area (Å²) in [6.07, 6.45) is 1.69. The molecule has 0 saturated carbocycles. The van der Waals surface area contributed by atoms with Crippen molar-refractivity contribution in [3.8, 4) is 0 Å². The Balaban J connectivity index is 2.00. The molecule has 0 bridgehead atoms. The summed E-state index contributed by atoms with van der Waals surface area (Å²) in [5.74, 6) is -0.222. The van der Waals surface area contributed by atoms with E-state index < -0.39 is 0 Å². The molecular formula is C14H18Cl2N2O2. The van der Waals surface area contributed by atoms with Gasteiger partial charge in [0.15, 0.2) is 0 Å². The van der Waals surface area contributed by atoms with E-state index in [1.807, 2.05) is 0 Å². The third kappa shape index (κ3) is 3.85. The third-order valence-corrected chi connectivity index (χ3v) is 4.18. The number of hydrogen-bond donors (Lipinski definition) is 3. The molecule has 1 aromatic carbocycles. The minimum atomic E-state index is -0.233. The van der Waals surface area contributed by atoms with Crippen LogP contribution < -0.4 is 10.6 Å². The molecule has 0 spiro atoms. The maximum Gasteiger partial charge on any atom is 0.251 e. The molecule has 2 rings (SSSR count). The minimum absolute atomic E-state index is 0.0747. The first-order chi connectivity index (χ1) is 9.54. The number of carbonyl (C=O) groups excluding carboxylic acids is 1. The van der Waals surface area contributed by atoms with Crippen molar-refractivity contribution in [1.82, 2.24) is 10.6 Å². The number of hydrogen-bond acceptors (Lipinski definition) is 3. The SMILES string of the molecule is O=C(NCC1(CO)CCNCC1)c1cc(Cl)cc(Cl)c1. The topological polar surface area (TPSA) is 61.4 Å². The highest BCUT2D eigenvalue weighted by Gasteiger charge is 2.31. The fraction of sp³-hybridized carbons (Fsp3) is 0.500. The van der Waals surface area contributed by atoms with Gasteiger partial charge < -0.3 is 15.7 Å². The quantitative estimate of drug-likeness (QED) is 0.797. The maximum absolute atomic E-state index is 12.1. The van der Waals surface area contributed by atoms with Crippen molar-refractivity contribution in [2.45, 2.75) is 12.8 Å². The molecule has 20 heavy (non-hydrogen) atoms. The highest BCUT2D eigenvalue weighted by molar-refractivity contribution is 6.35. The number of rotatable bonds is 4. The van der Waals surface area contributed by atoms with E-state index in [9.17, 15) is 9.90 Å². The summed E-state index contributed by atoms with van der Waals surface area (Å²) in [5.41, 5.74) is 0.202. The molecular weight excluding hydrogens is 299 g/mol. The Morgan fingerprint density at radius 2 is 1.85 bits per heavy atom. The molecule has 1 fully saturated rings. The molecule has 0 aromatic heterocycles. The van der Waals surface area contributed by atoms with Crippen molar-refractivity contribution in [3.63, 3.8) is 0 Å². The van der Waals surface area contributed by atoms with Crippen LogP contribution in [0.4, 0.5) is 0 Å². The summed E-state index contributed by atoms with van der Waals surface area (Å²) < 4.78 is 0. The predicted molar refractivity (Wildman–Crippen MR) is 80.4 cm³/mol. The Labute approximate surface area is 128 Å². The fourth-order valence-corrected chi connectivity index (χ4v) is 2.93. The van der Waals surface area contributed by atoms with E-state index in [1.165, 1.54) is 0 Å². The number of aliphatic hydroxyl groups excluding tert-OH is 1. The molecule has 0 radical (unpaired) electrons. The lowest BCUT2D eigenvalue weighted by atomic mass is 9.79. The van der Waals surface area contributed by atoms with Crippen LogP contribution in [0.15, 0.2) is 18.2 Å². The van der Waals surface area contributed by atoms with Crippen LogP contribution in [0, 0.1) is 5.41 Å². The molecule has 0 aliphatic carbocycles. The van der Waals surface area contributed by atoms with E-state index in [0.29, 0.717) is 22.2 Å². The van der Waals surface area contributed by atoms with Crippen molar-refractivity contribution >= 4 is 29.1 Å². The molecule has 1 aromatic rings. The Kier molecular flexibility index (Phi) is 5.27. The van der Waals surface area contributed by atoms with Gasteiger partial charge in [0.05, 0.1) is 6.61 Å². The third-order valence-electron chi connectivity index (χ3n) is 3.75. The van der Waals surface area contributed by atoms with Gasteiger partial charge in [-0.1, -0.05) is 23.2 Å². The van der Waals surface area contributed by atoms with Crippen LogP contribution in [0.3, 0.4) is 0 Å². The van der Waals surface area contributed by atoms with Crippen molar-refractivity contribution in [1.29, 1.82) is 0 Å². The van der Waals surface area contributed by atoms with Crippen LogP contribution in [0.25, 0.3) is 0 Å². The predicted octanol–water partition coefficient (Wildman–Crippen LogP) is 2.09. The van der Waals surface area contributed by atoms with Gasteiger partial charge in [-0.05, 0) is 44.1 Å². The minimum Gasteiger partial charge on any atom is -0.396 e. The Hall–Kier alpha value is -0.810. The van der Waals surface area contributed by atoms with Crippen molar-refractivity contribution in [3.05, 3.63) is 33.8 Å². The molecule has 1 saturated heterocycles. The lowest BCUT2D eigenvalue weighted by molar-refractivity contribution is 0.0757. The average molecular weight is 317 g/mol. The van der Waals surface area contributed by atoms with Gasteiger partial charge in [-0.2, -0.15) is 0 Å². The van der Waals surface area contributed by atoms with Crippen molar-refractivity contribution < 1.29 is 9.90 Å². The van der Waals surface area contributed by atoms with E-state index in [1.54, 1.807) is 18.2 Å². The fourth-order valence-electron chi connectivity index (χ4n) is 2.40. The lowest BCUT2D eigenvalue weighted by Gasteiger charge is -2.36. The number of nitrogens with one attached hydrogen (secondary N) is 2. The Morgan fingerprint density at radius 3 is 2.40 bits per heavy atom. The molecule has 1 amide bonds. The standard InChI is InChI=1S/C14H18Cl2N2O2/c15-11-5-10(6-12(16)7-11)13(20)18-8-14(9-19)1-3-17-4-2-14/h5-7,17,19H,1-4,8-9H2,(H,18,20). The molecule has 1 aliphatic heterocycles. The van der Waals surface area contributed by atoms with E-state index in [4.69, 9.17) is 23.2 Å². The van der Waals surface area contributed by atoms with Gasteiger partial charge >= 0.3 is 0 Å². The highest BCUT2D eigenvalue weighted by Crippen LogP contribution is 2.27. The van der Waals surface area contributed by atoms with Gasteiger partial charge in [0.1, 0.15) is 0 Å². The number of halogens is 2. The summed E-state index contributed by atoms with van der Waals surface area (Å²) in [7, 11) is 0. The number of aliphatic hydroxyl groups is 1. The monoisotopic (exact) mass is 316 g/mol. The maximum atomic E-state index is 12.1. The zero-order chi connectivity index (χ0) is 14.6. The summed E-state index contributed by atoms with van der Waals surface area (Å²) in [6, 6.07) is 4.75. The van der Waals surface area contributed by atoms with E-state index in [2.05, 4.69) is 10.6 Å². The van der Waals surface area contributed by atoms with Crippen LogP contribution in [0.1, 0.15) is 23.2 Å². The first kappa shape index (κ1) is 15.6. The number of benzene rings is 1. The lowest BCUT2D eigenvalue weighted by Crippen LogP contribution is -2.46. The van der Waals surface area contributed by atoms with E-state index in [0.717, 1.165) is 25.9 Å². The highest BCUT2D eigenvalue weighted by atomic mass is 35.5. The molecule has 0 atom stereocenters. The number of piperidine rings is 1. The van der Waals surface area contributed by atoms with Gasteiger partial charge in [-0.25, -0.2) is 0 Å². The summed E-state index contributed by atoms with van der Waals surface area (Å²) in [5, 5.41) is 16.6. The van der Waals surface area contributed by atoms with Gasteiger partial charge in [0.25, 0.3) is 5.91 Å². The van der Waals surface area contributed by atoms with Gasteiger partial charge in [-0.15, -0.1) is 0 Å². The van der Waals surface area contributed by atoms with Gasteiger partial charge in [-0.3, -0.25) is 4.79 Å². The smallest absolute Gasteiger partial charge is 0.251 e. The summed E-state index contributed by atoms with van der Waals surface area (Å²) in [4.78, 5) is 12.1. The second kappa shape index (κ2) is 6.76. The van der Waals surface area contributed by atoms with Crippen LogP contribution in [0.5, 0.6) is 0 Å². The molecule has 4 nitrogen and oxygen atoms in total. The van der Waals surface area contributed by atoms with Crippen LogP contribution in [-0.4, -0.2) is 37.3 Å². The largest absolute Gasteiger partial charge is 0.396 e. The van der Waals surface area contributed by atoms with Crippen LogP contribution in [-0.2, 0) is 0 Å². The van der Waals surface area contributed by atoms with Crippen molar-refractivity contribution in [2.75, 3.05) is 26.2 Å². The molecule has 0 unspecified atom stereocenters. The molecule has 1 heterocycles. The summed E-state index contributed by atoms with van der Waals surface area (Å²) in [6.45, 7) is 2.25. The van der Waals surface area contributed by atoms with Crippen LogP contribution in [0.2, 0.25) is 10.0 Å². The van der Waals surface area contributed by atoms with Crippen molar-refractivity contribution in [2.24, 2.45) is 5.41 Å². The first-order valence-electron chi connectivity index (χ1n) is 6.61. The zero-order valence-corrected chi connectivity index (χ0v) is 12.6. The van der Waals surface area contributed by atoms with E-state index >= 15 is 0 Å². The first-order valence-corrected chi connectivity index (χ1v) is 7.36. The van der Waals surface area contributed by atoms with E-state index in [-0.39, 0.29) is 17.9 Å². The molecule has 110 valence electrons. The average Bonchev–Trinajstić information content (AvgIpc) is 2.45. The molecule has 3 N–H and O–H groups in total. The van der Waals surface area contributed by atoms with Crippen LogP contribution >= 0.6 is 23.2 Å². The van der Waals surface area contributed by atoms with Gasteiger partial charge in [0, 0.05) is 27.6 Å². The molecule has 6 heteroatoms. The summed E-state index contributed by atoms with van der Waals surface area (Å²) >= 11 is 11.8. The number of carbonyl (C=O) groups is 1. The molecule has 1 aliphatic rings. The number of amides is 1. The Bertz CT molecular complexity index is 468. The Morgan fingerprint density at radius 1 is 1.25 bits per heavy atom. The second-order valence-corrected chi connectivity index (χ2v) is 6.12. The normalized spacial score (nSPS) is 17.8.